The van der Waals surface area contributed by atoms with Crippen LogP contribution in [-0.2, 0) is 9.47 Å². The van der Waals surface area contributed by atoms with Crippen molar-refractivity contribution < 1.29 is 18.3 Å². The van der Waals surface area contributed by atoms with Crippen molar-refractivity contribution in [2.45, 2.75) is 135 Å². The second kappa shape index (κ2) is 15.8. The maximum absolute atomic E-state index is 12.6. The van der Waals surface area contributed by atoms with Crippen LogP contribution in [0.5, 0.6) is 0 Å². The van der Waals surface area contributed by atoms with E-state index in [0.29, 0.717) is 12.2 Å². The van der Waals surface area contributed by atoms with Gasteiger partial charge in [-0.15, -0.1) is 0 Å². The molecule has 0 aromatic rings. The summed E-state index contributed by atoms with van der Waals surface area (Å²) in [5.41, 5.74) is 0. The van der Waals surface area contributed by atoms with Crippen LogP contribution in [0.4, 0.5) is 8.78 Å². The first-order chi connectivity index (χ1) is 18.1. The zero-order chi connectivity index (χ0) is 25.9. The molecule has 2 unspecified atom stereocenters. The number of hydrogen-bond donors (Lipinski definition) is 0. The highest BCUT2D eigenvalue weighted by Gasteiger charge is 2.34. The van der Waals surface area contributed by atoms with Crippen molar-refractivity contribution in [1.82, 2.24) is 0 Å². The van der Waals surface area contributed by atoms with E-state index in [4.69, 9.17) is 9.47 Å². The van der Waals surface area contributed by atoms with Gasteiger partial charge >= 0.3 is 0 Å². The van der Waals surface area contributed by atoms with Crippen LogP contribution in [0.3, 0.4) is 0 Å². The van der Waals surface area contributed by atoms with E-state index < -0.39 is 6.08 Å². The van der Waals surface area contributed by atoms with Crippen LogP contribution in [-0.4, -0.2) is 25.4 Å². The SMILES string of the molecule is C/C=C/CCC1CCC(OCCCC2CCC(C3CCC(C4CCC(C=C(F)F)CC4)CC3)CC2)CO1. The van der Waals surface area contributed by atoms with E-state index in [0.717, 1.165) is 81.3 Å². The Morgan fingerprint density at radius 3 is 1.89 bits per heavy atom. The standard InChI is InChI=1S/C33H54F2O2/c1-2-3-4-7-31-20-21-32(24-37-31)36-22-5-6-25-8-12-27(13-9-25)29-16-18-30(19-17-29)28-14-10-26(11-15-28)23-33(34)35/h2-3,23,25-32H,4-22,24H2,1H3/b3-2+. The topological polar surface area (TPSA) is 18.5 Å². The van der Waals surface area contributed by atoms with Gasteiger partial charge in [0.1, 0.15) is 0 Å². The third-order valence-electron chi connectivity index (χ3n) is 10.5. The average Bonchev–Trinajstić information content (AvgIpc) is 2.93. The first-order valence-corrected chi connectivity index (χ1v) is 16.0. The fraction of sp³-hybridized carbons (Fsp3) is 0.879. The molecule has 0 aromatic heterocycles. The number of ether oxygens (including phenoxy) is 2. The normalized spacial score (nSPS) is 37.5. The van der Waals surface area contributed by atoms with Crippen LogP contribution >= 0.6 is 0 Å². The van der Waals surface area contributed by atoms with Crippen molar-refractivity contribution in [2.75, 3.05) is 13.2 Å². The summed E-state index contributed by atoms with van der Waals surface area (Å²) >= 11 is 0. The molecule has 37 heavy (non-hydrogen) atoms. The van der Waals surface area contributed by atoms with Crippen LogP contribution in [0.25, 0.3) is 0 Å². The van der Waals surface area contributed by atoms with Crippen molar-refractivity contribution in [3.05, 3.63) is 24.3 Å². The third-order valence-corrected chi connectivity index (χ3v) is 10.5. The van der Waals surface area contributed by atoms with Crippen molar-refractivity contribution in [3.8, 4) is 0 Å². The summed E-state index contributed by atoms with van der Waals surface area (Å²) in [7, 11) is 0. The monoisotopic (exact) mass is 520 g/mol. The van der Waals surface area contributed by atoms with Crippen LogP contribution in [0, 0.1) is 35.5 Å². The minimum atomic E-state index is -1.48. The molecule has 1 heterocycles. The van der Waals surface area contributed by atoms with E-state index in [1.165, 1.54) is 83.1 Å². The summed E-state index contributed by atoms with van der Waals surface area (Å²) in [6, 6.07) is 0. The molecule has 1 saturated heterocycles. The predicted octanol–water partition coefficient (Wildman–Crippen LogP) is 9.89. The summed E-state index contributed by atoms with van der Waals surface area (Å²) < 4.78 is 37.3. The van der Waals surface area contributed by atoms with E-state index in [-0.39, 0.29) is 5.92 Å². The molecule has 0 aromatic carbocycles. The van der Waals surface area contributed by atoms with Crippen LogP contribution in [0.2, 0.25) is 0 Å². The smallest absolute Gasteiger partial charge is 0.266 e. The van der Waals surface area contributed by atoms with Gasteiger partial charge in [-0.05, 0) is 151 Å². The second-order valence-electron chi connectivity index (χ2n) is 12.9. The van der Waals surface area contributed by atoms with Crippen LogP contribution in [0.15, 0.2) is 24.3 Å². The summed E-state index contributed by atoms with van der Waals surface area (Å²) in [5, 5.41) is 0. The Morgan fingerprint density at radius 2 is 1.35 bits per heavy atom. The van der Waals surface area contributed by atoms with Gasteiger partial charge in [-0.3, -0.25) is 0 Å². The quantitative estimate of drug-likeness (QED) is 0.199. The van der Waals surface area contributed by atoms with Crippen LogP contribution < -0.4 is 0 Å². The van der Waals surface area contributed by atoms with Crippen molar-refractivity contribution in [2.24, 2.45) is 35.5 Å². The molecule has 0 bridgehead atoms. The molecule has 3 saturated carbocycles. The fourth-order valence-electron chi connectivity index (χ4n) is 8.21. The van der Waals surface area contributed by atoms with E-state index in [1.54, 1.807) is 0 Å². The van der Waals surface area contributed by atoms with Crippen molar-refractivity contribution in [3.63, 3.8) is 0 Å². The Bertz CT molecular complexity index is 670. The van der Waals surface area contributed by atoms with Gasteiger partial charge in [0.2, 0.25) is 0 Å². The second-order valence-corrected chi connectivity index (χ2v) is 12.9. The van der Waals surface area contributed by atoms with Gasteiger partial charge in [0.05, 0.1) is 18.8 Å². The number of halogens is 2. The highest BCUT2D eigenvalue weighted by Crippen LogP contribution is 2.46. The summed E-state index contributed by atoms with van der Waals surface area (Å²) in [5.74, 6) is 4.62. The fourth-order valence-corrected chi connectivity index (χ4v) is 8.21. The molecule has 4 rings (SSSR count). The molecule has 4 heteroatoms. The molecule has 3 aliphatic carbocycles. The molecule has 4 fully saturated rings. The molecular formula is C33H54F2O2. The molecule has 212 valence electrons. The Kier molecular flexibility index (Phi) is 12.5. The molecular weight excluding hydrogens is 466 g/mol. The highest BCUT2D eigenvalue weighted by atomic mass is 19.3. The third kappa shape index (κ3) is 9.75. The van der Waals surface area contributed by atoms with Gasteiger partial charge in [0, 0.05) is 6.61 Å². The molecule has 0 radical (unpaired) electrons. The lowest BCUT2D eigenvalue weighted by atomic mass is 9.65. The Morgan fingerprint density at radius 1 is 0.757 bits per heavy atom. The Balaban J connectivity index is 1.02. The Hall–Kier alpha value is -0.740. The van der Waals surface area contributed by atoms with Crippen molar-refractivity contribution >= 4 is 0 Å². The lowest BCUT2D eigenvalue weighted by molar-refractivity contribution is -0.0878. The number of allylic oxidation sites excluding steroid dienone is 3. The minimum absolute atomic E-state index is 0.131. The minimum Gasteiger partial charge on any atom is -0.376 e. The van der Waals surface area contributed by atoms with Crippen molar-refractivity contribution in [1.29, 1.82) is 0 Å². The van der Waals surface area contributed by atoms with Gasteiger partial charge in [0.15, 0.2) is 0 Å². The zero-order valence-corrected chi connectivity index (χ0v) is 23.6. The lowest BCUT2D eigenvalue weighted by Gasteiger charge is -2.41. The van der Waals surface area contributed by atoms with E-state index >= 15 is 0 Å². The lowest BCUT2D eigenvalue weighted by Crippen LogP contribution is -2.31. The van der Waals surface area contributed by atoms with E-state index in [2.05, 4.69) is 19.1 Å². The summed E-state index contributed by atoms with van der Waals surface area (Å²) in [4.78, 5) is 0. The molecule has 0 amide bonds. The molecule has 4 aliphatic rings. The highest BCUT2D eigenvalue weighted by molar-refractivity contribution is 4.93. The summed E-state index contributed by atoms with van der Waals surface area (Å²) in [6.45, 7) is 3.77. The molecule has 2 atom stereocenters. The van der Waals surface area contributed by atoms with E-state index in [9.17, 15) is 8.78 Å². The molecule has 0 N–H and O–H groups in total. The van der Waals surface area contributed by atoms with E-state index in [1.807, 2.05) is 0 Å². The van der Waals surface area contributed by atoms with Gasteiger partial charge in [-0.1, -0.05) is 25.0 Å². The maximum Gasteiger partial charge on any atom is 0.266 e. The largest absolute Gasteiger partial charge is 0.376 e. The van der Waals surface area contributed by atoms with Gasteiger partial charge in [0.25, 0.3) is 6.08 Å². The number of rotatable bonds is 11. The zero-order valence-electron chi connectivity index (χ0n) is 23.6. The molecule has 1 aliphatic heterocycles. The van der Waals surface area contributed by atoms with Gasteiger partial charge in [-0.25, -0.2) is 0 Å². The first-order valence-electron chi connectivity index (χ1n) is 16.0. The van der Waals surface area contributed by atoms with Gasteiger partial charge < -0.3 is 9.47 Å². The number of hydrogen-bond acceptors (Lipinski definition) is 2. The summed E-state index contributed by atoms with van der Waals surface area (Å²) in [6.07, 6.45) is 27.6. The average molecular weight is 521 g/mol. The molecule has 2 nitrogen and oxygen atoms in total. The Labute approximate surface area is 226 Å². The van der Waals surface area contributed by atoms with Gasteiger partial charge in [-0.2, -0.15) is 8.78 Å². The predicted molar refractivity (Wildman–Crippen MR) is 149 cm³/mol. The van der Waals surface area contributed by atoms with Crippen LogP contribution in [0.1, 0.15) is 122 Å². The molecule has 0 spiro atoms. The maximum atomic E-state index is 12.6. The first kappa shape index (κ1) is 29.2.